The smallest absolute Gasteiger partial charge is 0.359 e. The fourth-order valence-electron chi connectivity index (χ4n) is 2.50. The molecule has 0 fully saturated rings. The number of esters is 1. The molecule has 1 aromatic heterocycles. The summed E-state index contributed by atoms with van der Waals surface area (Å²) in [6.07, 6.45) is 0. The maximum Gasteiger partial charge on any atom is 0.359 e. The van der Waals surface area contributed by atoms with E-state index in [1.807, 2.05) is 60.7 Å². The van der Waals surface area contributed by atoms with Crippen molar-refractivity contribution in [3.8, 4) is 0 Å². The number of nitrogens with zero attached hydrogens (tertiary/aromatic N) is 2. The summed E-state index contributed by atoms with van der Waals surface area (Å²) in [7, 11) is 0. The third-order valence-corrected chi connectivity index (χ3v) is 5.12. The first-order valence-electron chi connectivity index (χ1n) is 8.83. The predicted octanol–water partition coefficient (Wildman–Crippen LogP) is 4.35. The van der Waals surface area contributed by atoms with Crippen LogP contribution in [0.5, 0.6) is 0 Å². The zero-order chi connectivity index (χ0) is 22.4. The van der Waals surface area contributed by atoms with Crippen LogP contribution in [0.4, 0.5) is 5.69 Å². The van der Waals surface area contributed by atoms with E-state index in [-0.39, 0.29) is 26.6 Å². The van der Waals surface area contributed by atoms with Crippen LogP contribution in [0.2, 0.25) is 15.2 Å². The lowest BCUT2D eigenvalue weighted by Gasteiger charge is -2.10. The lowest BCUT2D eigenvalue weighted by atomic mass is 10.0. The average Bonchev–Trinajstić information content (AvgIpc) is 2.80. The Morgan fingerprint density at radius 1 is 0.935 bits per heavy atom. The number of anilines is 1. The summed E-state index contributed by atoms with van der Waals surface area (Å²) < 4.78 is 4.94. The Labute approximate surface area is 192 Å². The molecule has 158 valence electrons. The molecule has 3 N–H and O–H groups in total. The second kappa shape index (κ2) is 10.3. The molecule has 1 amide bonds. The zero-order valence-corrected chi connectivity index (χ0v) is 18.1. The number of aromatic nitrogens is 1. The molecule has 0 aliphatic rings. The molecule has 0 saturated carbocycles. The zero-order valence-electron chi connectivity index (χ0n) is 15.8. The van der Waals surface area contributed by atoms with Crippen LogP contribution >= 0.6 is 34.8 Å². The number of amides is 1. The number of nitrogen functional groups attached to an aromatic ring is 1. The summed E-state index contributed by atoms with van der Waals surface area (Å²) in [5, 5.41) is 3.70. The second-order valence-corrected chi connectivity index (χ2v) is 7.21. The monoisotopic (exact) mass is 476 g/mol. The van der Waals surface area contributed by atoms with Crippen LogP contribution in [-0.4, -0.2) is 29.2 Å². The lowest BCUT2D eigenvalue weighted by molar-refractivity contribution is -0.124. The molecule has 0 bridgehead atoms. The van der Waals surface area contributed by atoms with Crippen molar-refractivity contribution in [3.05, 3.63) is 92.7 Å². The van der Waals surface area contributed by atoms with Gasteiger partial charge in [0.1, 0.15) is 5.02 Å². The van der Waals surface area contributed by atoms with Crippen molar-refractivity contribution in [1.82, 2.24) is 10.4 Å². The molecule has 3 aromatic rings. The van der Waals surface area contributed by atoms with Gasteiger partial charge in [-0.05, 0) is 0 Å². The van der Waals surface area contributed by atoms with Crippen LogP contribution in [-0.2, 0) is 9.53 Å². The van der Waals surface area contributed by atoms with Crippen LogP contribution < -0.4 is 11.2 Å². The van der Waals surface area contributed by atoms with E-state index in [9.17, 15) is 9.59 Å². The number of carbonyl (C=O) groups excluding carboxylic acids is 2. The number of hydrazone groups is 1. The molecule has 31 heavy (non-hydrogen) atoms. The SMILES string of the molecule is Nc1c(Cl)c(Cl)nc(C(=O)OCC(=O)NN=C(c2ccccc2)c2ccccc2)c1Cl. The minimum atomic E-state index is -0.985. The van der Waals surface area contributed by atoms with Gasteiger partial charge in [0.25, 0.3) is 5.91 Å². The Bertz CT molecular complexity index is 1100. The molecular weight excluding hydrogens is 463 g/mol. The summed E-state index contributed by atoms with van der Waals surface area (Å²) in [6.45, 7) is -0.628. The number of benzene rings is 2. The number of pyridine rings is 1. The highest BCUT2D eigenvalue weighted by atomic mass is 35.5. The molecule has 0 atom stereocenters. The van der Waals surface area contributed by atoms with Crippen molar-refractivity contribution in [2.75, 3.05) is 12.3 Å². The van der Waals surface area contributed by atoms with E-state index in [4.69, 9.17) is 45.3 Å². The number of rotatable bonds is 6. The molecule has 0 aliphatic heterocycles. The van der Waals surface area contributed by atoms with Crippen LogP contribution in [0.1, 0.15) is 21.6 Å². The quantitative estimate of drug-likeness (QED) is 0.238. The van der Waals surface area contributed by atoms with Gasteiger partial charge in [-0.1, -0.05) is 95.5 Å². The third kappa shape index (κ3) is 5.52. The van der Waals surface area contributed by atoms with Crippen molar-refractivity contribution in [2.24, 2.45) is 5.10 Å². The van der Waals surface area contributed by atoms with Crippen molar-refractivity contribution < 1.29 is 14.3 Å². The number of halogens is 3. The predicted molar refractivity (Wildman–Crippen MR) is 121 cm³/mol. The van der Waals surface area contributed by atoms with E-state index in [2.05, 4.69) is 15.5 Å². The van der Waals surface area contributed by atoms with E-state index < -0.39 is 18.5 Å². The Hall–Kier alpha value is -3.13. The molecule has 0 radical (unpaired) electrons. The Morgan fingerprint density at radius 2 is 1.48 bits per heavy atom. The van der Waals surface area contributed by atoms with Gasteiger partial charge in [-0.15, -0.1) is 0 Å². The van der Waals surface area contributed by atoms with Gasteiger partial charge in [0.05, 0.1) is 16.4 Å². The van der Waals surface area contributed by atoms with Crippen LogP contribution in [0.25, 0.3) is 0 Å². The summed E-state index contributed by atoms with van der Waals surface area (Å²) in [5.74, 6) is -1.65. The van der Waals surface area contributed by atoms with Crippen molar-refractivity contribution in [1.29, 1.82) is 0 Å². The van der Waals surface area contributed by atoms with Gasteiger partial charge in [0.15, 0.2) is 17.5 Å². The topological polar surface area (TPSA) is 107 Å². The molecule has 3 rings (SSSR count). The summed E-state index contributed by atoms with van der Waals surface area (Å²) >= 11 is 17.6. The number of carbonyl (C=O) groups is 2. The Kier molecular flexibility index (Phi) is 7.46. The van der Waals surface area contributed by atoms with E-state index in [1.165, 1.54) is 0 Å². The number of nitrogens with two attached hydrogens (primary N) is 1. The van der Waals surface area contributed by atoms with Gasteiger partial charge in [-0.3, -0.25) is 4.79 Å². The van der Waals surface area contributed by atoms with E-state index in [1.54, 1.807) is 0 Å². The van der Waals surface area contributed by atoms with Crippen LogP contribution in [0.3, 0.4) is 0 Å². The average molecular weight is 478 g/mol. The standard InChI is InChI=1S/C21H15Cl3N4O3/c22-15-17(25)16(23)20(24)26-19(15)21(30)31-11-14(29)27-28-18(12-7-3-1-4-8-12)13-9-5-2-6-10-13/h1-10H,11H2,(H2,25,26)(H,27,29). The highest BCUT2D eigenvalue weighted by Crippen LogP contribution is 2.34. The molecule has 2 aromatic carbocycles. The van der Waals surface area contributed by atoms with E-state index in [0.717, 1.165) is 11.1 Å². The van der Waals surface area contributed by atoms with Crippen LogP contribution in [0, 0.1) is 0 Å². The van der Waals surface area contributed by atoms with E-state index >= 15 is 0 Å². The highest BCUT2D eigenvalue weighted by Gasteiger charge is 2.21. The molecule has 0 saturated heterocycles. The van der Waals surface area contributed by atoms with E-state index in [0.29, 0.717) is 5.71 Å². The summed E-state index contributed by atoms with van der Waals surface area (Å²) in [4.78, 5) is 28.2. The fraction of sp³-hybridized carbons (Fsp3) is 0.0476. The number of hydrogen-bond donors (Lipinski definition) is 2. The highest BCUT2D eigenvalue weighted by molar-refractivity contribution is 6.46. The molecule has 10 heteroatoms. The minimum absolute atomic E-state index is 0.0790. The lowest BCUT2D eigenvalue weighted by Crippen LogP contribution is -2.26. The van der Waals surface area contributed by atoms with Crippen molar-refractivity contribution >= 4 is 58.1 Å². The van der Waals surface area contributed by atoms with Gasteiger partial charge in [-0.2, -0.15) is 5.10 Å². The second-order valence-electron chi connectivity index (χ2n) is 6.10. The van der Waals surface area contributed by atoms with Gasteiger partial charge in [0, 0.05) is 11.1 Å². The number of ether oxygens (including phenoxy) is 1. The Morgan fingerprint density at radius 3 is 2.03 bits per heavy atom. The maximum atomic E-state index is 12.2. The summed E-state index contributed by atoms with van der Waals surface area (Å²) in [6, 6.07) is 18.6. The van der Waals surface area contributed by atoms with Crippen molar-refractivity contribution in [2.45, 2.75) is 0 Å². The number of hydrogen-bond acceptors (Lipinski definition) is 6. The normalized spacial score (nSPS) is 10.3. The van der Waals surface area contributed by atoms with Crippen LogP contribution in [0.15, 0.2) is 65.8 Å². The van der Waals surface area contributed by atoms with Gasteiger partial charge >= 0.3 is 5.97 Å². The molecule has 7 nitrogen and oxygen atoms in total. The minimum Gasteiger partial charge on any atom is -0.451 e. The fourth-order valence-corrected chi connectivity index (χ4v) is 3.09. The van der Waals surface area contributed by atoms with Gasteiger partial charge in [0.2, 0.25) is 0 Å². The molecule has 0 unspecified atom stereocenters. The van der Waals surface area contributed by atoms with Gasteiger partial charge < -0.3 is 10.5 Å². The molecular formula is C21H15Cl3N4O3. The summed E-state index contributed by atoms with van der Waals surface area (Å²) in [5.41, 5.74) is 9.74. The number of nitrogens with one attached hydrogen (secondary N) is 1. The molecule has 1 heterocycles. The molecule has 0 spiro atoms. The maximum absolute atomic E-state index is 12.2. The van der Waals surface area contributed by atoms with Gasteiger partial charge in [-0.25, -0.2) is 15.2 Å². The third-order valence-electron chi connectivity index (χ3n) is 3.99. The first-order valence-corrected chi connectivity index (χ1v) is 9.96. The first-order chi connectivity index (χ1) is 14.9. The van der Waals surface area contributed by atoms with Crippen molar-refractivity contribution in [3.63, 3.8) is 0 Å². The Balaban J connectivity index is 1.71. The molecule has 0 aliphatic carbocycles. The largest absolute Gasteiger partial charge is 0.451 e. The first kappa shape index (κ1) is 22.6.